The molecule has 6 nitrogen and oxygen atoms in total. The zero-order valence-corrected chi connectivity index (χ0v) is 20.9. The van der Waals surface area contributed by atoms with Crippen LogP contribution in [0.5, 0.6) is 11.5 Å². The van der Waals surface area contributed by atoms with Gasteiger partial charge >= 0.3 is 0 Å². The predicted octanol–water partition coefficient (Wildman–Crippen LogP) is 3.95. The number of nitrogens with one attached hydrogen (secondary N) is 1. The van der Waals surface area contributed by atoms with Gasteiger partial charge in [-0.1, -0.05) is 36.8 Å². The lowest BCUT2D eigenvalue weighted by atomic mass is 10.1. The van der Waals surface area contributed by atoms with Crippen LogP contribution in [0.3, 0.4) is 0 Å². The number of likely N-dealkylation sites (tertiary alicyclic amines) is 1. The van der Waals surface area contributed by atoms with E-state index in [0.717, 1.165) is 30.0 Å². The molecular formula is C24H35IN4O2. The van der Waals surface area contributed by atoms with E-state index in [0.29, 0.717) is 19.0 Å². The van der Waals surface area contributed by atoms with E-state index in [1.54, 1.807) is 14.2 Å². The van der Waals surface area contributed by atoms with E-state index in [1.807, 2.05) is 18.2 Å². The molecule has 1 aliphatic rings. The second-order valence-electron chi connectivity index (χ2n) is 7.67. The number of rotatable bonds is 9. The van der Waals surface area contributed by atoms with Gasteiger partial charge in [-0.05, 0) is 61.2 Å². The van der Waals surface area contributed by atoms with E-state index in [2.05, 4.69) is 39.5 Å². The van der Waals surface area contributed by atoms with Crippen LogP contribution in [0.25, 0.3) is 0 Å². The van der Waals surface area contributed by atoms with Gasteiger partial charge in [-0.25, -0.2) is 4.99 Å². The highest BCUT2D eigenvalue weighted by Crippen LogP contribution is 2.27. The van der Waals surface area contributed by atoms with Crippen molar-refractivity contribution in [2.24, 2.45) is 10.7 Å². The molecule has 170 valence electrons. The zero-order valence-electron chi connectivity index (χ0n) is 18.6. The molecule has 1 saturated heterocycles. The normalized spacial score (nSPS) is 14.6. The number of hydrogen-bond acceptors (Lipinski definition) is 4. The SMILES string of the molecule is COc1ccc(CCNC(N)=NCc2ccccc2CN2CCCCC2)cc1OC.I. The van der Waals surface area contributed by atoms with E-state index in [9.17, 15) is 0 Å². The molecule has 0 atom stereocenters. The lowest BCUT2D eigenvalue weighted by Gasteiger charge is -2.27. The first-order chi connectivity index (χ1) is 14.7. The van der Waals surface area contributed by atoms with Gasteiger partial charge in [-0.2, -0.15) is 0 Å². The number of nitrogens with two attached hydrogens (primary N) is 1. The van der Waals surface area contributed by atoms with Gasteiger partial charge in [0.15, 0.2) is 17.5 Å². The fraction of sp³-hybridized carbons (Fsp3) is 0.458. The summed E-state index contributed by atoms with van der Waals surface area (Å²) >= 11 is 0. The first kappa shape index (κ1) is 25.3. The Morgan fingerprint density at radius 3 is 2.42 bits per heavy atom. The maximum atomic E-state index is 6.11. The van der Waals surface area contributed by atoms with Crippen molar-refractivity contribution in [3.05, 3.63) is 59.2 Å². The van der Waals surface area contributed by atoms with Crippen LogP contribution < -0.4 is 20.5 Å². The Morgan fingerprint density at radius 2 is 1.71 bits per heavy atom. The summed E-state index contributed by atoms with van der Waals surface area (Å²) in [7, 11) is 3.29. The highest BCUT2D eigenvalue weighted by molar-refractivity contribution is 14.0. The van der Waals surface area contributed by atoms with Crippen LogP contribution in [-0.4, -0.2) is 44.7 Å². The molecule has 2 aromatic carbocycles. The van der Waals surface area contributed by atoms with E-state index in [1.165, 1.54) is 43.5 Å². The molecule has 31 heavy (non-hydrogen) atoms. The van der Waals surface area contributed by atoms with Gasteiger partial charge in [0, 0.05) is 13.1 Å². The Balaban J connectivity index is 0.00000341. The Morgan fingerprint density at radius 1 is 1.00 bits per heavy atom. The van der Waals surface area contributed by atoms with Crippen LogP contribution in [0, 0.1) is 0 Å². The van der Waals surface area contributed by atoms with Crippen molar-refractivity contribution in [2.75, 3.05) is 33.9 Å². The summed E-state index contributed by atoms with van der Waals surface area (Å²) in [5, 5.41) is 3.21. The van der Waals surface area contributed by atoms with Gasteiger partial charge in [0.25, 0.3) is 0 Å². The van der Waals surface area contributed by atoms with E-state index >= 15 is 0 Å². The molecule has 0 aromatic heterocycles. The Kier molecular flexibility index (Phi) is 10.9. The van der Waals surface area contributed by atoms with Crippen LogP contribution in [0.1, 0.15) is 36.0 Å². The first-order valence-corrected chi connectivity index (χ1v) is 10.7. The number of nitrogens with zero attached hydrogens (tertiary/aromatic N) is 2. The number of benzene rings is 2. The summed E-state index contributed by atoms with van der Waals surface area (Å²) in [6.07, 6.45) is 4.78. The highest BCUT2D eigenvalue weighted by Gasteiger charge is 2.12. The van der Waals surface area contributed by atoms with Gasteiger partial charge in [0.05, 0.1) is 20.8 Å². The maximum Gasteiger partial charge on any atom is 0.188 e. The number of methoxy groups -OCH3 is 2. The lowest BCUT2D eigenvalue weighted by Crippen LogP contribution is -2.33. The van der Waals surface area contributed by atoms with E-state index in [-0.39, 0.29) is 24.0 Å². The van der Waals surface area contributed by atoms with Gasteiger partial charge in [-0.15, -0.1) is 24.0 Å². The lowest BCUT2D eigenvalue weighted by molar-refractivity contribution is 0.220. The summed E-state index contributed by atoms with van der Waals surface area (Å²) in [4.78, 5) is 7.10. The van der Waals surface area contributed by atoms with Crippen LogP contribution in [0.4, 0.5) is 0 Å². The Bertz CT molecular complexity index is 838. The van der Waals surface area contributed by atoms with Crippen LogP contribution >= 0.6 is 24.0 Å². The second kappa shape index (κ2) is 13.4. The number of hydrogen-bond donors (Lipinski definition) is 2. The van der Waals surface area contributed by atoms with Crippen molar-refractivity contribution in [3.8, 4) is 11.5 Å². The second-order valence-corrected chi connectivity index (χ2v) is 7.67. The van der Waals surface area contributed by atoms with Crippen molar-refractivity contribution >= 4 is 29.9 Å². The Hall–Kier alpha value is -2.00. The molecular weight excluding hydrogens is 503 g/mol. The molecule has 3 N–H and O–H groups in total. The largest absolute Gasteiger partial charge is 0.493 e. The minimum absolute atomic E-state index is 0. The maximum absolute atomic E-state index is 6.11. The van der Waals surface area contributed by atoms with Gasteiger partial charge in [-0.3, -0.25) is 4.90 Å². The third-order valence-corrected chi connectivity index (χ3v) is 5.55. The monoisotopic (exact) mass is 538 g/mol. The molecule has 1 heterocycles. The molecule has 1 aliphatic heterocycles. The van der Waals surface area contributed by atoms with Crippen molar-refractivity contribution < 1.29 is 9.47 Å². The topological polar surface area (TPSA) is 72.1 Å². The van der Waals surface area contributed by atoms with Crippen molar-refractivity contribution in [2.45, 2.75) is 38.8 Å². The van der Waals surface area contributed by atoms with Crippen molar-refractivity contribution in [1.29, 1.82) is 0 Å². The van der Waals surface area contributed by atoms with Crippen LogP contribution in [0.2, 0.25) is 0 Å². The molecule has 2 aromatic rings. The minimum atomic E-state index is 0. The molecule has 0 unspecified atom stereocenters. The standard InChI is InChI=1S/C24H34N4O2.HI/c1-29-22-11-10-19(16-23(22)30-2)12-13-26-24(25)27-17-20-8-4-5-9-21(20)18-28-14-6-3-7-15-28;/h4-5,8-11,16H,3,6-7,12-15,17-18H2,1-2H3,(H3,25,26,27);1H. The minimum Gasteiger partial charge on any atom is -0.493 e. The fourth-order valence-electron chi connectivity index (χ4n) is 3.82. The van der Waals surface area contributed by atoms with E-state index in [4.69, 9.17) is 15.2 Å². The zero-order chi connectivity index (χ0) is 21.2. The number of piperidine rings is 1. The Labute approximate surface area is 203 Å². The average Bonchev–Trinajstić information content (AvgIpc) is 2.79. The molecule has 0 saturated carbocycles. The van der Waals surface area contributed by atoms with Crippen molar-refractivity contribution in [3.63, 3.8) is 0 Å². The number of ether oxygens (including phenoxy) is 2. The summed E-state index contributed by atoms with van der Waals surface area (Å²) < 4.78 is 10.6. The molecule has 7 heteroatoms. The fourth-order valence-corrected chi connectivity index (χ4v) is 3.82. The summed E-state index contributed by atoms with van der Waals surface area (Å²) in [5.41, 5.74) is 9.85. The molecule has 3 rings (SSSR count). The smallest absolute Gasteiger partial charge is 0.188 e. The first-order valence-electron chi connectivity index (χ1n) is 10.7. The van der Waals surface area contributed by atoms with Gasteiger partial charge in [0.2, 0.25) is 0 Å². The number of halogens is 1. The third kappa shape index (κ3) is 7.88. The summed E-state index contributed by atoms with van der Waals surface area (Å²) in [5.74, 6) is 1.95. The van der Waals surface area contributed by atoms with Gasteiger partial charge < -0.3 is 20.5 Å². The number of aliphatic imine (C=N–C) groups is 1. The predicted molar refractivity (Wildman–Crippen MR) is 138 cm³/mol. The van der Waals surface area contributed by atoms with Crippen molar-refractivity contribution in [1.82, 2.24) is 10.2 Å². The summed E-state index contributed by atoms with van der Waals surface area (Å²) in [6.45, 7) is 4.69. The van der Waals surface area contributed by atoms with Crippen LogP contribution in [-0.2, 0) is 19.5 Å². The summed E-state index contributed by atoms with van der Waals surface area (Å²) in [6, 6.07) is 14.5. The molecule has 0 radical (unpaired) electrons. The average molecular weight is 538 g/mol. The molecule has 0 aliphatic carbocycles. The molecule has 1 fully saturated rings. The van der Waals surface area contributed by atoms with Gasteiger partial charge in [0.1, 0.15) is 0 Å². The molecule has 0 amide bonds. The highest BCUT2D eigenvalue weighted by atomic mass is 127. The third-order valence-electron chi connectivity index (χ3n) is 5.55. The van der Waals surface area contributed by atoms with Crippen LogP contribution in [0.15, 0.2) is 47.5 Å². The quantitative estimate of drug-likeness (QED) is 0.288. The van der Waals surface area contributed by atoms with E-state index < -0.39 is 0 Å². The molecule has 0 spiro atoms. The molecule has 0 bridgehead atoms. The number of guanidine groups is 1.